The van der Waals surface area contributed by atoms with Crippen LogP contribution < -0.4 is 15.4 Å². The Kier molecular flexibility index (Phi) is 7.00. The molecule has 0 aliphatic heterocycles. The summed E-state index contributed by atoms with van der Waals surface area (Å²) in [6, 6.07) is 15.7. The smallest absolute Gasteiger partial charge is 0.342 e. The van der Waals surface area contributed by atoms with E-state index in [0.29, 0.717) is 23.6 Å². The summed E-state index contributed by atoms with van der Waals surface area (Å²) < 4.78 is 12.1. The number of aromatic nitrogens is 2. The van der Waals surface area contributed by atoms with Crippen LogP contribution in [0.1, 0.15) is 17.3 Å². The van der Waals surface area contributed by atoms with Crippen LogP contribution in [0.25, 0.3) is 16.9 Å². The van der Waals surface area contributed by atoms with Crippen LogP contribution in [0.15, 0.2) is 60.8 Å². The minimum Gasteiger partial charge on any atom is -0.496 e. The second kappa shape index (κ2) is 10.1. The van der Waals surface area contributed by atoms with E-state index in [1.165, 1.54) is 13.3 Å². The number of hydrogen-bond donors (Lipinski definition) is 2. The van der Waals surface area contributed by atoms with E-state index in [1.54, 1.807) is 35.9 Å². The van der Waals surface area contributed by atoms with E-state index in [2.05, 4.69) is 15.7 Å². The van der Waals surface area contributed by atoms with Gasteiger partial charge in [-0.25, -0.2) is 14.3 Å². The quantitative estimate of drug-likeness (QED) is 0.566. The van der Waals surface area contributed by atoms with Crippen LogP contribution in [0.4, 0.5) is 4.79 Å². The molecule has 0 saturated carbocycles. The second-order valence-corrected chi connectivity index (χ2v) is 6.36. The number of carbonyl (C=O) groups excluding carboxylic acids is 3. The molecule has 160 valence electrons. The summed E-state index contributed by atoms with van der Waals surface area (Å²) in [6.45, 7) is 1.46. The predicted molar refractivity (Wildman–Crippen MR) is 113 cm³/mol. The number of carbonyl (C=O) groups is 3. The summed E-state index contributed by atoms with van der Waals surface area (Å²) in [5.74, 6) is -0.966. The van der Waals surface area contributed by atoms with E-state index < -0.39 is 24.5 Å². The first-order valence-corrected chi connectivity index (χ1v) is 9.56. The maximum absolute atomic E-state index is 12.8. The maximum Gasteiger partial charge on any atom is 0.342 e. The molecule has 3 aromatic rings. The van der Waals surface area contributed by atoms with Crippen LogP contribution in [0.2, 0.25) is 0 Å². The zero-order valence-corrected chi connectivity index (χ0v) is 17.1. The molecule has 0 atom stereocenters. The van der Waals surface area contributed by atoms with Gasteiger partial charge in [0, 0.05) is 18.3 Å². The largest absolute Gasteiger partial charge is 0.496 e. The molecule has 31 heavy (non-hydrogen) atoms. The average Bonchev–Trinajstić information content (AvgIpc) is 3.23. The van der Waals surface area contributed by atoms with Crippen LogP contribution in [-0.2, 0) is 9.53 Å². The molecule has 0 bridgehead atoms. The summed E-state index contributed by atoms with van der Waals surface area (Å²) in [6.07, 6.45) is 1.53. The van der Waals surface area contributed by atoms with Crippen molar-refractivity contribution in [1.29, 1.82) is 0 Å². The Morgan fingerprint density at radius 1 is 1.03 bits per heavy atom. The highest BCUT2D eigenvalue weighted by Gasteiger charge is 2.23. The Balaban J connectivity index is 1.89. The first kappa shape index (κ1) is 21.6. The number of methoxy groups -OCH3 is 1. The van der Waals surface area contributed by atoms with Crippen LogP contribution in [0, 0.1) is 0 Å². The van der Waals surface area contributed by atoms with Gasteiger partial charge in [-0.2, -0.15) is 5.10 Å². The number of hydrogen-bond acceptors (Lipinski definition) is 6. The minimum absolute atomic E-state index is 0.152. The van der Waals surface area contributed by atoms with Crippen molar-refractivity contribution in [2.75, 3.05) is 20.3 Å². The van der Waals surface area contributed by atoms with Gasteiger partial charge in [-0.05, 0) is 31.2 Å². The fourth-order valence-corrected chi connectivity index (χ4v) is 2.85. The summed E-state index contributed by atoms with van der Waals surface area (Å²) in [4.78, 5) is 36.1. The van der Waals surface area contributed by atoms with Gasteiger partial charge in [0.05, 0.1) is 12.8 Å². The first-order valence-electron chi connectivity index (χ1n) is 9.56. The Labute approximate surface area is 179 Å². The fourth-order valence-electron chi connectivity index (χ4n) is 2.85. The molecule has 1 aromatic heterocycles. The van der Waals surface area contributed by atoms with Crippen LogP contribution >= 0.6 is 0 Å². The van der Waals surface area contributed by atoms with Crippen LogP contribution in [-0.4, -0.2) is 47.9 Å². The number of rotatable bonds is 7. The summed E-state index contributed by atoms with van der Waals surface area (Å²) in [5.41, 5.74) is 1.83. The SMILES string of the molecule is CCNC(=O)NC(=O)COC(=O)c1cn(-c2ccccc2)nc1-c1ccccc1OC. The Morgan fingerprint density at radius 3 is 2.45 bits per heavy atom. The number of imide groups is 1. The molecule has 1 heterocycles. The van der Waals surface area contributed by atoms with E-state index in [4.69, 9.17) is 9.47 Å². The van der Waals surface area contributed by atoms with E-state index in [1.807, 2.05) is 30.3 Å². The zero-order chi connectivity index (χ0) is 22.2. The lowest BCUT2D eigenvalue weighted by molar-refractivity contribution is -0.123. The fraction of sp³-hybridized carbons (Fsp3) is 0.182. The highest BCUT2D eigenvalue weighted by Crippen LogP contribution is 2.32. The van der Waals surface area contributed by atoms with Crippen molar-refractivity contribution in [2.45, 2.75) is 6.92 Å². The lowest BCUT2D eigenvalue weighted by atomic mass is 10.1. The van der Waals surface area contributed by atoms with Gasteiger partial charge in [-0.1, -0.05) is 30.3 Å². The lowest BCUT2D eigenvalue weighted by Crippen LogP contribution is -2.41. The molecule has 0 spiro atoms. The Hall–Kier alpha value is -4.14. The van der Waals surface area contributed by atoms with Gasteiger partial charge in [0.25, 0.3) is 5.91 Å². The molecule has 3 rings (SSSR count). The van der Waals surface area contributed by atoms with Gasteiger partial charge < -0.3 is 14.8 Å². The third kappa shape index (κ3) is 5.27. The monoisotopic (exact) mass is 422 g/mol. The molecular weight excluding hydrogens is 400 g/mol. The van der Waals surface area contributed by atoms with E-state index in [9.17, 15) is 14.4 Å². The van der Waals surface area contributed by atoms with Crippen LogP contribution in [0.3, 0.4) is 0 Å². The highest BCUT2D eigenvalue weighted by molar-refractivity contribution is 5.99. The average molecular weight is 422 g/mol. The molecule has 9 nitrogen and oxygen atoms in total. The number of urea groups is 1. The third-order valence-electron chi connectivity index (χ3n) is 4.24. The molecular formula is C22H22N4O5. The van der Waals surface area contributed by atoms with Crippen molar-refractivity contribution in [2.24, 2.45) is 0 Å². The molecule has 0 fully saturated rings. The Bertz CT molecular complexity index is 1080. The molecule has 2 aromatic carbocycles. The van der Waals surface area contributed by atoms with Crippen molar-refractivity contribution in [3.63, 3.8) is 0 Å². The van der Waals surface area contributed by atoms with Crippen molar-refractivity contribution < 1.29 is 23.9 Å². The molecule has 0 radical (unpaired) electrons. The molecule has 0 unspecified atom stereocenters. The van der Waals surface area contributed by atoms with E-state index in [-0.39, 0.29) is 5.56 Å². The number of benzene rings is 2. The highest BCUT2D eigenvalue weighted by atomic mass is 16.5. The van der Waals surface area contributed by atoms with Gasteiger partial charge in [-0.3, -0.25) is 10.1 Å². The number of nitrogens with zero attached hydrogens (tertiary/aromatic N) is 2. The first-order chi connectivity index (χ1) is 15.0. The van der Waals surface area contributed by atoms with Crippen molar-refractivity contribution in [1.82, 2.24) is 20.4 Å². The summed E-state index contributed by atoms with van der Waals surface area (Å²) in [7, 11) is 1.52. The number of nitrogens with one attached hydrogen (secondary N) is 2. The van der Waals surface area contributed by atoms with Gasteiger partial charge in [0.1, 0.15) is 17.0 Å². The minimum atomic E-state index is -0.755. The van der Waals surface area contributed by atoms with Crippen molar-refractivity contribution in [3.8, 4) is 22.7 Å². The van der Waals surface area contributed by atoms with E-state index in [0.717, 1.165) is 5.69 Å². The zero-order valence-electron chi connectivity index (χ0n) is 17.1. The second-order valence-electron chi connectivity index (χ2n) is 6.36. The molecule has 2 N–H and O–H groups in total. The predicted octanol–water partition coefficient (Wildman–Crippen LogP) is 2.55. The van der Waals surface area contributed by atoms with E-state index >= 15 is 0 Å². The van der Waals surface area contributed by atoms with Crippen molar-refractivity contribution >= 4 is 17.9 Å². The van der Waals surface area contributed by atoms with Gasteiger partial charge in [0.15, 0.2) is 6.61 Å². The van der Waals surface area contributed by atoms with Gasteiger partial charge in [0.2, 0.25) is 0 Å². The molecule has 0 aliphatic carbocycles. The summed E-state index contributed by atoms with van der Waals surface area (Å²) >= 11 is 0. The van der Waals surface area contributed by atoms with Crippen LogP contribution in [0.5, 0.6) is 5.75 Å². The maximum atomic E-state index is 12.8. The number of esters is 1. The normalized spacial score (nSPS) is 10.3. The number of amides is 3. The van der Waals surface area contributed by atoms with Gasteiger partial charge in [-0.15, -0.1) is 0 Å². The number of para-hydroxylation sites is 2. The molecule has 0 saturated heterocycles. The molecule has 0 aliphatic rings. The number of ether oxygens (including phenoxy) is 2. The standard InChI is InChI=1S/C22H22N4O5/c1-3-23-22(29)24-19(27)14-31-21(28)17-13-26(15-9-5-4-6-10-15)25-20(17)16-11-7-8-12-18(16)30-2/h4-13H,3,14H2,1-2H3,(H2,23,24,27,29). The topological polar surface area (TPSA) is 112 Å². The van der Waals surface area contributed by atoms with Crippen molar-refractivity contribution in [3.05, 3.63) is 66.4 Å². The summed E-state index contributed by atoms with van der Waals surface area (Å²) in [5, 5.41) is 9.05. The molecule has 9 heteroatoms. The third-order valence-corrected chi connectivity index (χ3v) is 4.24. The lowest BCUT2D eigenvalue weighted by Gasteiger charge is -2.08. The Morgan fingerprint density at radius 2 is 1.74 bits per heavy atom. The van der Waals surface area contributed by atoms with Gasteiger partial charge >= 0.3 is 12.0 Å². The molecule has 3 amide bonds.